The zero-order valence-corrected chi connectivity index (χ0v) is 15.4. The smallest absolute Gasteiger partial charge is 0.311 e. The predicted octanol–water partition coefficient (Wildman–Crippen LogP) is 3.48. The third-order valence-electron chi connectivity index (χ3n) is 4.17. The minimum Gasteiger partial charge on any atom is -0.460 e. The van der Waals surface area contributed by atoms with Gasteiger partial charge in [0.25, 0.3) is 0 Å². The van der Waals surface area contributed by atoms with Crippen molar-refractivity contribution in [2.24, 2.45) is 11.8 Å². The first-order chi connectivity index (χ1) is 10.6. The van der Waals surface area contributed by atoms with Crippen LogP contribution in [0.15, 0.2) is 25.3 Å². The van der Waals surface area contributed by atoms with E-state index in [1.54, 1.807) is 6.08 Å². The van der Waals surface area contributed by atoms with E-state index >= 15 is 0 Å². The van der Waals surface area contributed by atoms with Gasteiger partial charge < -0.3 is 14.8 Å². The Morgan fingerprint density at radius 1 is 1.35 bits per heavy atom. The second kappa shape index (κ2) is 8.11. The van der Waals surface area contributed by atoms with Crippen LogP contribution < -0.4 is 5.32 Å². The maximum atomic E-state index is 12.7. The lowest BCUT2D eigenvalue weighted by Crippen LogP contribution is -2.45. The Labute approximate surface area is 141 Å². The number of esters is 1. The third kappa shape index (κ3) is 6.11. The molecule has 132 valence electrons. The predicted molar refractivity (Wildman–Crippen MR) is 94.3 cm³/mol. The molecule has 0 bridgehead atoms. The Hall–Kier alpha value is -1.13. The van der Waals surface area contributed by atoms with E-state index in [1.807, 2.05) is 26.8 Å². The van der Waals surface area contributed by atoms with Gasteiger partial charge in [0.2, 0.25) is 0 Å². The van der Waals surface area contributed by atoms with Crippen molar-refractivity contribution in [2.45, 2.75) is 64.7 Å². The van der Waals surface area contributed by atoms with Crippen molar-refractivity contribution in [1.82, 2.24) is 5.32 Å². The summed E-state index contributed by atoms with van der Waals surface area (Å²) >= 11 is 0. The molecule has 0 aromatic rings. The molecule has 1 rings (SSSR count). The zero-order chi connectivity index (χ0) is 17.7. The van der Waals surface area contributed by atoms with E-state index in [2.05, 4.69) is 32.3 Å². The number of hydrogen-bond acceptors (Lipinski definition) is 4. The van der Waals surface area contributed by atoms with Gasteiger partial charge in [0.15, 0.2) is 0 Å². The molecule has 0 aromatic heterocycles. The Balaban J connectivity index is 2.83. The van der Waals surface area contributed by atoms with Gasteiger partial charge >= 0.3 is 5.97 Å². The molecule has 1 aliphatic rings. The molecule has 0 aliphatic carbocycles. The van der Waals surface area contributed by atoms with Crippen LogP contribution in [0.25, 0.3) is 0 Å². The van der Waals surface area contributed by atoms with E-state index in [1.165, 1.54) is 0 Å². The molecule has 4 heteroatoms. The largest absolute Gasteiger partial charge is 0.460 e. The van der Waals surface area contributed by atoms with E-state index in [-0.39, 0.29) is 29.4 Å². The highest BCUT2D eigenvalue weighted by Crippen LogP contribution is 2.36. The Bertz CT molecular complexity index is 423. The van der Waals surface area contributed by atoms with Crippen molar-refractivity contribution in [3.05, 3.63) is 25.3 Å². The maximum absolute atomic E-state index is 12.7. The Morgan fingerprint density at radius 3 is 2.52 bits per heavy atom. The molecule has 0 spiro atoms. The fourth-order valence-corrected chi connectivity index (χ4v) is 3.24. The van der Waals surface area contributed by atoms with Gasteiger partial charge in [0, 0.05) is 5.54 Å². The van der Waals surface area contributed by atoms with Gasteiger partial charge in [-0.1, -0.05) is 12.2 Å². The molecule has 0 radical (unpaired) electrons. The number of carbonyl (C=O) groups excluding carboxylic acids is 1. The molecule has 1 saturated heterocycles. The van der Waals surface area contributed by atoms with Gasteiger partial charge in [-0.25, -0.2) is 0 Å². The van der Waals surface area contributed by atoms with E-state index in [4.69, 9.17) is 9.47 Å². The maximum Gasteiger partial charge on any atom is 0.311 e. The summed E-state index contributed by atoms with van der Waals surface area (Å²) in [5.74, 6) is -0.116. The van der Waals surface area contributed by atoms with Crippen molar-refractivity contribution >= 4 is 5.97 Å². The minimum atomic E-state index is -0.472. The first kappa shape index (κ1) is 19.9. The van der Waals surface area contributed by atoms with E-state index in [9.17, 15) is 4.79 Å². The molecule has 1 fully saturated rings. The quantitative estimate of drug-likeness (QED) is 0.549. The molecule has 3 atom stereocenters. The lowest BCUT2D eigenvalue weighted by molar-refractivity contribution is -0.163. The number of carbonyl (C=O) groups is 1. The summed E-state index contributed by atoms with van der Waals surface area (Å²) in [5, 5.41) is 3.46. The van der Waals surface area contributed by atoms with Crippen LogP contribution in [0.5, 0.6) is 0 Å². The molecule has 23 heavy (non-hydrogen) atoms. The summed E-state index contributed by atoms with van der Waals surface area (Å²) < 4.78 is 11.5. The van der Waals surface area contributed by atoms with E-state index in [0.29, 0.717) is 6.61 Å². The molecule has 0 saturated carbocycles. The zero-order valence-electron chi connectivity index (χ0n) is 15.4. The van der Waals surface area contributed by atoms with Crippen LogP contribution >= 0.6 is 0 Å². The first-order valence-electron chi connectivity index (χ1n) is 8.42. The topological polar surface area (TPSA) is 47.6 Å². The van der Waals surface area contributed by atoms with Crippen LogP contribution in [0.3, 0.4) is 0 Å². The van der Waals surface area contributed by atoms with Gasteiger partial charge in [-0.3, -0.25) is 4.79 Å². The minimum absolute atomic E-state index is 0.0520. The van der Waals surface area contributed by atoms with Crippen molar-refractivity contribution in [3.8, 4) is 0 Å². The van der Waals surface area contributed by atoms with Crippen LogP contribution in [0.4, 0.5) is 0 Å². The SMILES string of the molecule is C=CCOC(CC=C)CC1CNC(C)(C)[C@H]1C(=O)OC(C)(C)C. The molecular formula is C19H33NO3. The van der Waals surface area contributed by atoms with E-state index in [0.717, 1.165) is 19.4 Å². The monoisotopic (exact) mass is 323 g/mol. The number of hydrogen-bond donors (Lipinski definition) is 1. The normalized spacial score (nSPS) is 24.9. The molecule has 4 nitrogen and oxygen atoms in total. The highest BCUT2D eigenvalue weighted by molar-refractivity contribution is 5.75. The fourth-order valence-electron chi connectivity index (χ4n) is 3.24. The fraction of sp³-hybridized carbons (Fsp3) is 0.737. The average Bonchev–Trinajstić information content (AvgIpc) is 2.69. The summed E-state index contributed by atoms with van der Waals surface area (Å²) in [6.45, 7) is 18.6. The van der Waals surface area contributed by atoms with Gasteiger partial charge in [0.1, 0.15) is 5.60 Å². The number of nitrogens with one attached hydrogen (secondary N) is 1. The lowest BCUT2D eigenvalue weighted by Gasteiger charge is -2.32. The lowest BCUT2D eigenvalue weighted by atomic mass is 9.79. The second-order valence-corrected chi connectivity index (χ2v) is 7.88. The first-order valence-corrected chi connectivity index (χ1v) is 8.42. The van der Waals surface area contributed by atoms with Crippen molar-refractivity contribution in [2.75, 3.05) is 13.2 Å². The second-order valence-electron chi connectivity index (χ2n) is 7.88. The molecular weight excluding hydrogens is 290 g/mol. The van der Waals surface area contributed by atoms with Crippen LogP contribution in [0, 0.1) is 11.8 Å². The molecule has 0 aromatic carbocycles. The highest BCUT2D eigenvalue weighted by atomic mass is 16.6. The van der Waals surface area contributed by atoms with Gasteiger partial charge in [0.05, 0.1) is 18.6 Å². The number of rotatable bonds is 8. The van der Waals surface area contributed by atoms with Crippen molar-refractivity contribution < 1.29 is 14.3 Å². The summed E-state index contributed by atoms with van der Waals surface area (Å²) in [4.78, 5) is 12.7. The standard InChI is InChI=1S/C19H33NO3/c1-8-10-15(22-11-9-2)12-14-13-20-19(6,7)16(14)17(21)23-18(3,4)5/h8-9,14-16,20H,1-2,10-13H2,3-7H3/t14?,15?,16-/m1/s1. The molecule has 1 heterocycles. The van der Waals surface area contributed by atoms with Gasteiger partial charge in [-0.15, -0.1) is 13.2 Å². The van der Waals surface area contributed by atoms with Crippen molar-refractivity contribution in [3.63, 3.8) is 0 Å². The summed E-state index contributed by atoms with van der Waals surface area (Å²) in [7, 11) is 0. The Kier molecular flexibility index (Phi) is 7.02. The van der Waals surface area contributed by atoms with Crippen LogP contribution in [0.1, 0.15) is 47.5 Å². The summed E-state index contributed by atoms with van der Waals surface area (Å²) in [6, 6.07) is 0. The van der Waals surface area contributed by atoms with Crippen LogP contribution in [0.2, 0.25) is 0 Å². The molecule has 1 N–H and O–H groups in total. The summed E-state index contributed by atoms with van der Waals surface area (Å²) in [5.41, 5.74) is -0.746. The van der Waals surface area contributed by atoms with Crippen molar-refractivity contribution in [1.29, 1.82) is 0 Å². The number of ether oxygens (including phenoxy) is 2. The van der Waals surface area contributed by atoms with Gasteiger partial charge in [-0.2, -0.15) is 0 Å². The summed E-state index contributed by atoms with van der Waals surface area (Å²) in [6.07, 6.45) is 5.24. The highest BCUT2D eigenvalue weighted by Gasteiger charge is 2.48. The van der Waals surface area contributed by atoms with E-state index < -0.39 is 5.60 Å². The van der Waals surface area contributed by atoms with Crippen LogP contribution in [-0.4, -0.2) is 36.4 Å². The molecule has 2 unspecified atom stereocenters. The van der Waals surface area contributed by atoms with Gasteiger partial charge in [-0.05, 0) is 59.9 Å². The average molecular weight is 323 g/mol. The van der Waals surface area contributed by atoms with Crippen LogP contribution in [-0.2, 0) is 14.3 Å². The third-order valence-corrected chi connectivity index (χ3v) is 4.17. The molecule has 1 aliphatic heterocycles. The Morgan fingerprint density at radius 2 is 2.00 bits per heavy atom. The molecule has 0 amide bonds.